The Kier molecular flexibility index (Phi) is 4.45. The fourth-order valence-corrected chi connectivity index (χ4v) is 3.21. The van der Waals surface area contributed by atoms with Gasteiger partial charge in [0.25, 0.3) is 0 Å². The summed E-state index contributed by atoms with van der Waals surface area (Å²) in [6.45, 7) is 2.84. The van der Waals surface area contributed by atoms with Gasteiger partial charge in [-0.2, -0.15) is 0 Å². The molecule has 2 aliphatic rings. The lowest BCUT2D eigenvalue weighted by Gasteiger charge is -2.19. The molecular weight excluding hydrogens is 186 g/mol. The van der Waals surface area contributed by atoms with Crippen LogP contribution in [0.5, 0.6) is 0 Å². The van der Waals surface area contributed by atoms with Crippen molar-refractivity contribution in [3.05, 3.63) is 0 Å². The van der Waals surface area contributed by atoms with E-state index in [-0.39, 0.29) is 0 Å². The highest BCUT2D eigenvalue weighted by Gasteiger charge is 2.26. The third-order valence-corrected chi connectivity index (χ3v) is 4.28. The van der Waals surface area contributed by atoms with Crippen LogP contribution in [0.4, 0.5) is 0 Å². The van der Waals surface area contributed by atoms with E-state index in [0.717, 1.165) is 37.5 Å². The molecule has 2 N–H and O–H groups in total. The summed E-state index contributed by atoms with van der Waals surface area (Å²) in [6.07, 6.45) is 9.65. The fraction of sp³-hybridized carbons (Fsp3) is 1.00. The summed E-state index contributed by atoms with van der Waals surface area (Å²) in [7, 11) is 0. The molecule has 2 atom stereocenters. The smallest absolute Gasteiger partial charge is 0.0497 e. The molecule has 0 aromatic rings. The van der Waals surface area contributed by atoms with Crippen molar-refractivity contribution >= 4 is 0 Å². The molecule has 0 amide bonds. The van der Waals surface area contributed by atoms with Crippen LogP contribution in [0.15, 0.2) is 0 Å². The molecule has 2 unspecified atom stereocenters. The van der Waals surface area contributed by atoms with Crippen molar-refractivity contribution in [1.29, 1.82) is 0 Å². The minimum absolute atomic E-state index is 0.744. The first-order valence-corrected chi connectivity index (χ1v) is 6.68. The number of ether oxygens (including phenoxy) is 1. The van der Waals surface area contributed by atoms with Crippen LogP contribution in [0, 0.1) is 17.8 Å². The molecular formula is C13H25NO. The fourth-order valence-electron chi connectivity index (χ4n) is 3.21. The Hall–Kier alpha value is -0.0800. The van der Waals surface area contributed by atoms with Crippen molar-refractivity contribution in [3.63, 3.8) is 0 Å². The van der Waals surface area contributed by atoms with Crippen molar-refractivity contribution < 1.29 is 4.74 Å². The molecule has 0 aliphatic heterocycles. The molecule has 15 heavy (non-hydrogen) atoms. The first-order valence-electron chi connectivity index (χ1n) is 6.68. The zero-order valence-corrected chi connectivity index (χ0v) is 9.79. The summed E-state index contributed by atoms with van der Waals surface area (Å²) in [4.78, 5) is 0. The highest BCUT2D eigenvalue weighted by molar-refractivity contribution is 4.78. The third kappa shape index (κ3) is 3.18. The third-order valence-electron chi connectivity index (χ3n) is 4.28. The molecule has 0 saturated heterocycles. The summed E-state index contributed by atoms with van der Waals surface area (Å²) in [5.41, 5.74) is 5.76. The lowest BCUT2D eigenvalue weighted by molar-refractivity contribution is 0.0628. The van der Waals surface area contributed by atoms with E-state index in [1.165, 1.54) is 44.9 Å². The average Bonchev–Trinajstić information content (AvgIpc) is 2.88. The van der Waals surface area contributed by atoms with Crippen LogP contribution in [0.25, 0.3) is 0 Å². The minimum atomic E-state index is 0.744. The van der Waals surface area contributed by atoms with E-state index in [2.05, 4.69) is 0 Å². The zero-order chi connectivity index (χ0) is 10.5. The van der Waals surface area contributed by atoms with Crippen molar-refractivity contribution in [2.24, 2.45) is 23.5 Å². The zero-order valence-electron chi connectivity index (χ0n) is 9.79. The molecule has 2 rings (SSSR count). The van der Waals surface area contributed by atoms with E-state index in [1.54, 1.807) is 0 Å². The van der Waals surface area contributed by atoms with E-state index >= 15 is 0 Å². The summed E-state index contributed by atoms with van der Waals surface area (Å²) in [5, 5.41) is 0. The summed E-state index contributed by atoms with van der Waals surface area (Å²) < 4.78 is 5.88. The lowest BCUT2D eigenvalue weighted by atomic mass is 9.97. The maximum absolute atomic E-state index is 5.88. The largest absolute Gasteiger partial charge is 0.381 e. The lowest BCUT2D eigenvalue weighted by Crippen LogP contribution is -2.23. The van der Waals surface area contributed by atoms with E-state index in [1.807, 2.05) is 0 Å². The Labute approximate surface area is 93.6 Å². The van der Waals surface area contributed by atoms with Crippen LogP contribution in [0.3, 0.4) is 0 Å². The van der Waals surface area contributed by atoms with Gasteiger partial charge in [0.05, 0.1) is 0 Å². The Bertz CT molecular complexity index is 177. The number of nitrogens with two attached hydrogens (primary N) is 1. The Balaban J connectivity index is 1.60. The number of hydrogen-bond acceptors (Lipinski definition) is 2. The van der Waals surface area contributed by atoms with Crippen molar-refractivity contribution in [2.75, 3.05) is 19.8 Å². The highest BCUT2D eigenvalue weighted by atomic mass is 16.5. The SMILES string of the molecule is NCC1CCCC1COCC1CCCC1. The van der Waals surface area contributed by atoms with Crippen LogP contribution in [0.2, 0.25) is 0 Å². The van der Waals surface area contributed by atoms with Gasteiger partial charge < -0.3 is 10.5 Å². The molecule has 0 aromatic heterocycles. The van der Waals surface area contributed by atoms with Gasteiger partial charge in [0.15, 0.2) is 0 Å². The second kappa shape index (κ2) is 5.86. The normalized spacial score (nSPS) is 32.6. The van der Waals surface area contributed by atoms with Crippen molar-refractivity contribution in [2.45, 2.75) is 44.9 Å². The van der Waals surface area contributed by atoms with Crippen LogP contribution in [-0.4, -0.2) is 19.8 Å². The number of rotatable bonds is 5. The molecule has 0 heterocycles. The van der Waals surface area contributed by atoms with Crippen LogP contribution in [-0.2, 0) is 4.74 Å². The van der Waals surface area contributed by atoms with Gasteiger partial charge in [-0.1, -0.05) is 19.3 Å². The van der Waals surface area contributed by atoms with Crippen molar-refractivity contribution in [3.8, 4) is 0 Å². The quantitative estimate of drug-likeness (QED) is 0.758. The summed E-state index contributed by atoms with van der Waals surface area (Å²) in [6, 6.07) is 0. The predicted molar refractivity (Wildman–Crippen MR) is 62.7 cm³/mol. The van der Waals surface area contributed by atoms with Gasteiger partial charge in [-0.05, 0) is 50.0 Å². The van der Waals surface area contributed by atoms with E-state index in [0.29, 0.717) is 0 Å². The molecule has 2 fully saturated rings. The Morgan fingerprint density at radius 2 is 1.60 bits per heavy atom. The first-order chi connectivity index (χ1) is 7.40. The van der Waals surface area contributed by atoms with Gasteiger partial charge in [0.1, 0.15) is 0 Å². The second-order valence-corrected chi connectivity index (χ2v) is 5.37. The molecule has 2 aliphatic carbocycles. The molecule has 0 radical (unpaired) electrons. The molecule has 0 aromatic carbocycles. The predicted octanol–water partition coefficient (Wildman–Crippen LogP) is 2.57. The molecule has 0 spiro atoms. The topological polar surface area (TPSA) is 35.2 Å². The van der Waals surface area contributed by atoms with E-state index in [4.69, 9.17) is 10.5 Å². The Morgan fingerprint density at radius 3 is 2.33 bits per heavy atom. The van der Waals surface area contributed by atoms with Gasteiger partial charge in [0, 0.05) is 13.2 Å². The van der Waals surface area contributed by atoms with Gasteiger partial charge in [0.2, 0.25) is 0 Å². The van der Waals surface area contributed by atoms with Crippen LogP contribution < -0.4 is 5.73 Å². The molecule has 2 nitrogen and oxygen atoms in total. The number of hydrogen-bond donors (Lipinski definition) is 1. The molecule has 0 bridgehead atoms. The van der Waals surface area contributed by atoms with Gasteiger partial charge in [-0.25, -0.2) is 0 Å². The maximum Gasteiger partial charge on any atom is 0.0497 e. The van der Waals surface area contributed by atoms with E-state index < -0.39 is 0 Å². The molecule has 88 valence electrons. The van der Waals surface area contributed by atoms with Crippen LogP contribution in [0.1, 0.15) is 44.9 Å². The second-order valence-electron chi connectivity index (χ2n) is 5.37. The summed E-state index contributed by atoms with van der Waals surface area (Å²) in [5.74, 6) is 2.37. The first kappa shape index (κ1) is 11.4. The molecule has 2 heteroatoms. The van der Waals surface area contributed by atoms with Crippen LogP contribution >= 0.6 is 0 Å². The Morgan fingerprint density at radius 1 is 0.867 bits per heavy atom. The maximum atomic E-state index is 5.88. The highest BCUT2D eigenvalue weighted by Crippen LogP contribution is 2.31. The van der Waals surface area contributed by atoms with Crippen molar-refractivity contribution in [1.82, 2.24) is 0 Å². The minimum Gasteiger partial charge on any atom is -0.381 e. The standard InChI is InChI=1S/C13H25NO/c14-8-12-6-3-7-13(12)10-15-9-11-4-1-2-5-11/h11-13H,1-10,14H2. The van der Waals surface area contributed by atoms with E-state index in [9.17, 15) is 0 Å². The van der Waals surface area contributed by atoms with Gasteiger partial charge >= 0.3 is 0 Å². The monoisotopic (exact) mass is 211 g/mol. The van der Waals surface area contributed by atoms with Gasteiger partial charge in [-0.3, -0.25) is 0 Å². The average molecular weight is 211 g/mol. The van der Waals surface area contributed by atoms with Gasteiger partial charge in [-0.15, -0.1) is 0 Å². The summed E-state index contributed by atoms with van der Waals surface area (Å²) >= 11 is 0. The molecule has 2 saturated carbocycles.